The van der Waals surface area contributed by atoms with Crippen molar-refractivity contribution in [1.82, 2.24) is 5.27 Å². The van der Waals surface area contributed by atoms with Gasteiger partial charge >= 0.3 is 5.88 Å². The van der Waals surface area contributed by atoms with E-state index in [9.17, 15) is 5.11 Å². The smallest absolute Gasteiger partial charge is 0.322 e. The minimum absolute atomic E-state index is 0.135. The number of para-hydroxylation sites is 1. The Labute approximate surface area is 156 Å². The van der Waals surface area contributed by atoms with Gasteiger partial charge in [-0.15, -0.1) is 0 Å². The minimum Gasteiger partial charge on any atom is -0.846 e. The summed E-state index contributed by atoms with van der Waals surface area (Å²) in [6, 6.07) is 14.3. The third-order valence-electron chi connectivity index (χ3n) is 3.81. The number of nitrogens with one attached hydrogen (secondary N) is 1. The fourth-order valence-corrected chi connectivity index (χ4v) is 2.48. The molecule has 0 saturated heterocycles. The maximum atomic E-state index is 11.9. The monoisotopic (exact) mass is 368 g/mol. The number of anilines is 1. The predicted molar refractivity (Wildman–Crippen MR) is 97.1 cm³/mol. The second-order valence-electron chi connectivity index (χ2n) is 5.65. The van der Waals surface area contributed by atoms with Crippen LogP contribution >= 0.6 is 0 Å². The zero-order valence-electron chi connectivity index (χ0n) is 15.1. The Morgan fingerprint density at radius 1 is 1.15 bits per heavy atom. The molecule has 0 aliphatic rings. The second-order valence-corrected chi connectivity index (χ2v) is 5.65. The molecule has 0 radical (unpaired) electrons. The highest BCUT2D eigenvalue weighted by Crippen LogP contribution is 2.27. The van der Waals surface area contributed by atoms with Gasteiger partial charge in [0.1, 0.15) is 0 Å². The molecule has 8 nitrogen and oxygen atoms in total. The molecular formula is C19H20N4O4. The van der Waals surface area contributed by atoms with Crippen LogP contribution in [0.4, 0.5) is 11.6 Å². The summed E-state index contributed by atoms with van der Waals surface area (Å²) in [7, 11) is 3.20. The van der Waals surface area contributed by atoms with Gasteiger partial charge in [0.2, 0.25) is 5.27 Å². The molecule has 8 heteroatoms. The molecule has 1 aromatic heterocycles. The van der Waals surface area contributed by atoms with Gasteiger partial charge in [-0.3, -0.25) is 4.52 Å². The Balaban J connectivity index is 1.60. The number of aryl methyl sites for hydroxylation is 2. The third-order valence-corrected chi connectivity index (χ3v) is 3.81. The summed E-state index contributed by atoms with van der Waals surface area (Å²) in [6.45, 7) is 0.564. The standard InChI is InChI=1S/C19H20N4O4/c1-25-16-9-8-14(12-17(16)26-2)10-11-23-13-18(27-22-23)21-19(24)20-15-6-4-3-5-7-15/h3-9,12-13H,10-11H2,1-2H3,(H-,20,21,22,24). The highest BCUT2D eigenvalue weighted by Gasteiger charge is 2.12. The van der Waals surface area contributed by atoms with E-state index in [0.717, 1.165) is 5.56 Å². The Bertz CT molecular complexity index is 909. The molecule has 0 aliphatic carbocycles. The summed E-state index contributed by atoms with van der Waals surface area (Å²) in [5.41, 5.74) is 1.72. The highest BCUT2D eigenvalue weighted by molar-refractivity contribution is 5.86. The van der Waals surface area contributed by atoms with Crippen LogP contribution in [0.25, 0.3) is 0 Å². The van der Waals surface area contributed by atoms with Crippen LogP contribution in [-0.4, -0.2) is 25.5 Å². The number of nitrogens with zero attached hydrogens (tertiary/aromatic N) is 3. The third kappa shape index (κ3) is 4.97. The lowest BCUT2D eigenvalue weighted by Gasteiger charge is -2.11. The predicted octanol–water partition coefficient (Wildman–Crippen LogP) is 1.68. The molecule has 0 spiro atoms. The van der Waals surface area contributed by atoms with E-state index in [0.29, 0.717) is 30.2 Å². The molecule has 1 N–H and O–H groups in total. The molecule has 2 aromatic carbocycles. The van der Waals surface area contributed by atoms with E-state index in [2.05, 4.69) is 15.6 Å². The number of benzene rings is 2. The first kappa shape index (κ1) is 18.2. The zero-order chi connectivity index (χ0) is 19.1. The number of amidine groups is 1. The van der Waals surface area contributed by atoms with E-state index in [1.165, 1.54) is 0 Å². The largest absolute Gasteiger partial charge is 0.846 e. The van der Waals surface area contributed by atoms with Crippen molar-refractivity contribution in [2.45, 2.75) is 13.0 Å². The van der Waals surface area contributed by atoms with E-state index in [1.54, 1.807) is 37.2 Å². The highest BCUT2D eigenvalue weighted by atomic mass is 16.5. The van der Waals surface area contributed by atoms with E-state index >= 15 is 0 Å². The molecule has 3 aromatic rings. The Morgan fingerprint density at radius 2 is 1.93 bits per heavy atom. The number of methoxy groups -OCH3 is 2. The van der Waals surface area contributed by atoms with Crippen LogP contribution in [0.3, 0.4) is 0 Å². The molecule has 0 aliphatic heterocycles. The summed E-state index contributed by atoms with van der Waals surface area (Å²) in [5, 5.41) is 18.4. The topological polar surface area (TPSA) is 95.8 Å². The lowest BCUT2D eigenvalue weighted by molar-refractivity contribution is -0.761. The van der Waals surface area contributed by atoms with Gasteiger partial charge in [0, 0.05) is 12.1 Å². The quantitative estimate of drug-likeness (QED) is 0.387. The lowest BCUT2D eigenvalue weighted by Crippen LogP contribution is -2.35. The average molecular weight is 368 g/mol. The SMILES string of the molecule is COc1ccc(CC[n+]2cc(/N=C(\[O-])Nc3ccccc3)on2)cc1OC. The van der Waals surface area contributed by atoms with Gasteiger partial charge in [0.15, 0.2) is 18.0 Å². The molecular weight excluding hydrogens is 348 g/mol. The van der Waals surface area contributed by atoms with Gasteiger partial charge in [0.05, 0.1) is 20.2 Å². The van der Waals surface area contributed by atoms with Crippen LogP contribution in [0.1, 0.15) is 5.56 Å². The Morgan fingerprint density at radius 3 is 2.67 bits per heavy atom. The van der Waals surface area contributed by atoms with Gasteiger partial charge in [-0.1, -0.05) is 28.9 Å². The van der Waals surface area contributed by atoms with Gasteiger partial charge in [-0.25, -0.2) is 4.99 Å². The first-order valence-electron chi connectivity index (χ1n) is 8.33. The zero-order valence-corrected chi connectivity index (χ0v) is 15.1. The van der Waals surface area contributed by atoms with Crippen LogP contribution in [-0.2, 0) is 13.0 Å². The van der Waals surface area contributed by atoms with E-state index in [1.807, 2.05) is 36.4 Å². The van der Waals surface area contributed by atoms with Gasteiger partial charge in [-0.05, 0) is 29.8 Å². The van der Waals surface area contributed by atoms with Crippen molar-refractivity contribution in [1.29, 1.82) is 0 Å². The number of ether oxygens (including phenoxy) is 2. The molecule has 0 saturated carbocycles. The first-order chi connectivity index (χ1) is 13.2. The number of hydrogen-bond acceptors (Lipinski definition) is 6. The Hall–Kier alpha value is -3.55. The summed E-state index contributed by atoms with van der Waals surface area (Å²) < 4.78 is 17.2. The summed E-state index contributed by atoms with van der Waals surface area (Å²) >= 11 is 0. The number of hydrogen-bond donors (Lipinski definition) is 1. The fourth-order valence-electron chi connectivity index (χ4n) is 2.48. The molecule has 0 fully saturated rings. The molecule has 0 atom stereocenters. The number of aromatic nitrogens is 2. The van der Waals surface area contributed by atoms with Crippen molar-refractivity contribution in [3.63, 3.8) is 0 Å². The molecule has 27 heavy (non-hydrogen) atoms. The normalized spacial score (nSPS) is 11.3. The van der Waals surface area contributed by atoms with Gasteiger partial charge < -0.3 is 19.9 Å². The van der Waals surface area contributed by atoms with Crippen molar-refractivity contribution < 1.29 is 23.8 Å². The summed E-state index contributed by atoms with van der Waals surface area (Å²) in [5.74, 6) is 1.49. The molecule has 0 unspecified atom stereocenters. The number of aliphatic imine (C=N–C) groups is 1. The second kappa shape index (κ2) is 8.70. The molecule has 0 bridgehead atoms. The summed E-state index contributed by atoms with van der Waals surface area (Å²) in [6.07, 6.45) is 2.28. The van der Waals surface area contributed by atoms with Crippen molar-refractivity contribution in [2.75, 3.05) is 19.5 Å². The van der Waals surface area contributed by atoms with Crippen molar-refractivity contribution in [3.05, 3.63) is 60.3 Å². The van der Waals surface area contributed by atoms with Crippen molar-refractivity contribution in [2.24, 2.45) is 4.99 Å². The molecule has 140 valence electrons. The fraction of sp³-hybridized carbons (Fsp3) is 0.211. The minimum atomic E-state index is -0.524. The van der Waals surface area contributed by atoms with E-state index in [-0.39, 0.29) is 5.88 Å². The van der Waals surface area contributed by atoms with Crippen molar-refractivity contribution in [3.8, 4) is 11.5 Å². The van der Waals surface area contributed by atoms with Crippen LogP contribution in [0.2, 0.25) is 0 Å². The van der Waals surface area contributed by atoms with Crippen LogP contribution in [0.5, 0.6) is 11.5 Å². The van der Waals surface area contributed by atoms with Crippen LogP contribution in [0.15, 0.2) is 64.2 Å². The molecule has 0 amide bonds. The molecule has 1 heterocycles. The van der Waals surface area contributed by atoms with Crippen molar-refractivity contribution >= 4 is 17.6 Å². The van der Waals surface area contributed by atoms with E-state index in [4.69, 9.17) is 14.0 Å². The van der Waals surface area contributed by atoms with Crippen LogP contribution < -0.4 is 24.6 Å². The lowest BCUT2D eigenvalue weighted by atomic mass is 10.1. The first-order valence-corrected chi connectivity index (χ1v) is 8.33. The van der Waals surface area contributed by atoms with Gasteiger partial charge in [-0.2, -0.15) is 0 Å². The Kier molecular flexibility index (Phi) is 5.88. The van der Waals surface area contributed by atoms with Crippen LogP contribution in [0, 0.1) is 0 Å². The summed E-state index contributed by atoms with van der Waals surface area (Å²) in [4.78, 5) is 3.84. The maximum absolute atomic E-state index is 11.9. The van der Waals surface area contributed by atoms with E-state index < -0.39 is 6.02 Å². The average Bonchev–Trinajstić information content (AvgIpc) is 3.14. The molecule has 3 rings (SSSR count). The number of rotatable bonds is 7. The van der Waals surface area contributed by atoms with Gasteiger partial charge in [0.25, 0.3) is 6.20 Å². The maximum Gasteiger partial charge on any atom is 0.322 e.